The molecule has 2 amide bonds. The number of hydrogen-bond acceptors (Lipinski definition) is 3. The van der Waals surface area contributed by atoms with Gasteiger partial charge in [-0.25, -0.2) is 0 Å². The van der Waals surface area contributed by atoms with E-state index in [1.54, 1.807) is 37.3 Å². The third-order valence-corrected chi connectivity index (χ3v) is 3.79. The van der Waals surface area contributed by atoms with E-state index < -0.39 is 30.1 Å². The molecule has 3 N–H and O–H groups in total. The summed E-state index contributed by atoms with van der Waals surface area (Å²) in [5.74, 6) is -2.51. The van der Waals surface area contributed by atoms with Crippen molar-refractivity contribution in [2.75, 3.05) is 0 Å². The lowest BCUT2D eigenvalue weighted by atomic mass is 10.0. The minimum atomic E-state index is -5.01. The van der Waals surface area contributed by atoms with Crippen LogP contribution in [0, 0.1) is 6.92 Å². The summed E-state index contributed by atoms with van der Waals surface area (Å²) in [6.45, 7) is 8.41. The Labute approximate surface area is 161 Å². The van der Waals surface area contributed by atoms with E-state index in [9.17, 15) is 22.8 Å². The van der Waals surface area contributed by atoms with Crippen molar-refractivity contribution in [1.29, 1.82) is 0 Å². The Kier molecular flexibility index (Phi) is 8.03. The fraction of sp³-hybridized carbons (Fsp3) is 0.300. The molecule has 0 aromatic heterocycles. The van der Waals surface area contributed by atoms with Crippen LogP contribution in [0.1, 0.15) is 31.1 Å². The number of primary amides is 1. The maximum absolute atomic E-state index is 12.6. The molecule has 0 fully saturated rings. The average Bonchev–Trinajstić information content (AvgIpc) is 2.61. The lowest BCUT2D eigenvalue weighted by Gasteiger charge is -2.27. The highest BCUT2D eigenvalue weighted by Crippen LogP contribution is 2.26. The van der Waals surface area contributed by atoms with Crippen LogP contribution < -0.4 is 11.1 Å². The number of carbonyl (C=O) groups is 2. The molecule has 0 radical (unpaired) electrons. The summed E-state index contributed by atoms with van der Waals surface area (Å²) in [5, 5.41) is 1.91. The monoisotopic (exact) mass is 396 g/mol. The third-order valence-electron chi connectivity index (χ3n) is 3.79. The Morgan fingerprint density at radius 2 is 1.79 bits per heavy atom. The first-order chi connectivity index (χ1) is 13.0. The Morgan fingerprint density at radius 1 is 1.21 bits per heavy atom. The number of ether oxygens (including phenoxy) is 1. The maximum atomic E-state index is 12.6. The second-order valence-corrected chi connectivity index (χ2v) is 6.12. The van der Waals surface area contributed by atoms with Gasteiger partial charge in [0.05, 0.1) is 6.04 Å². The van der Waals surface area contributed by atoms with Crippen molar-refractivity contribution >= 4 is 11.8 Å². The van der Waals surface area contributed by atoms with Gasteiger partial charge < -0.3 is 15.8 Å². The van der Waals surface area contributed by atoms with Gasteiger partial charge in [-0.3, -0.25) is 9.59 Å². The van der Waals surface area contributed by atoms with E-state index in [4.69, 9.17) is 10.5 Å². The SMILES string of the molecule is C=C(/C=C\C(=C/C)O[C@H](c1ccc(C)cc1)C(C)NC(=O)C(F)(F)F)C(N)=O. The largest absolute Gasteiger partial charge is 0.484 e. The molecule has 0 aliphatic heterocycles. The van der Waals surface area contributed by atoms with E-state index in [-0.39, 0.29) is 11.3 Å². The first kappa shape index (κ1) is 23.0. The fourth-order valence-corrected chi connectivity index (χ4v) is 2.19. The summed E-state index contributed by atoms with van der Waals surface area (Å²) in [6, 6.07) is 5.97. The summed E-state index contributed by atoms with van der Waals surface area (Å²) < 4.78 is 43.7. The van der Waals surface area contributed by atoms with Crippen LogP contribution in [0.25, 0.3) is 0 Å². The van der Waals surface area contributed by atoms with Gasteiger partial charge in [0.1, 0.15) is 11.9 Å². The molecule has 152 valence electrons. The summed E-state index contributed by atoms with van der Waals surface area (Å²) in [7, 11) is 0. The number of allylic oxidation sites excluding steroid dienone is 2. The minimum absolute atomic E-state index is 0.0354. The van der Waals surface area contributed by atoms with Crippen molar-refractivity contribution in [2.45, 2.75) is 39.1 Å². The van der Waals surface area contributed by atoms with Crippen LogP contribution in [0.2, 0.25) is 0 Å². The molecule has 1 rings (SSSR count). The van der Waals surface area contributed by atoms with Crippen LogP contribution in [-0.2, 0) is 14.3 Å². The average molecular weight is 396 g/mol. The molecular formula is C20H23F3N2O3. The lowest BCUT2D eigenvalue weighted by Crippen LogP contribution is -2.44. The number of nitrogens with two attached hydrogens (primary N) is 1. The van der Waals surface area contributed by atoms with Crippen LogP contribution in [0.5, 0.6) is 0 Å². The van der Waals surface area contributed by atoms with Crippen molar-refractivity contribution in [3.63, 3.8) is 0 Å². The fourth-order valence-electron chi connectivity index (χ4n) is 2.19. The van der Waals surface area contributed by atoms with Gasteiger partial charge in [-0.1, -0.05) is 36.4 Å². The van der Waals surface area contributed by atoms with Crippen LogP contribution in [0.3, 0.4) is 0 Å². The van der Waals surface area contributed by atoms with Gasteiger partial charge >= 0.3 is 12.1 Å². The second kappa shape index (κ2) is 9.77. The summed E-state index contributed by atoms with van der Waals surface area (Å²) in [5.41, 5.74) is 6.67. The summed E-state index contributed by atoms with van der Waals surface area (Å²) >= 11 is 0. The molecule has 5 nitrogen and oxygen atoms in total. The number of alkyl halides is 3. The highest BCUT2D eigenvalue weighted by molar-refractivity contribution is 5.94. The van der Waals surface area contributed by atoms with Crippen molar-refractivity contribution in [3.8, 4) is 0 Å². The predicted octanol–water partition coefficient (Wildman–Crippen LogP) is 3.62. The van der Waals surface area contributed by atoms with Gasteiger partial charge in [0.25, 0.3) is 0 Å². The highest BCUT2D eigenvalue weighted by atomic mass is 19.4. The van der Waals surface area contributed by atoms with Crippen molar-refractivity contribution < 1.29 is 27.5 Å². The third kappa shape index (κ3) is 6.94. The quantitative estimate of drug-likeness (QED) is 0.400. The van der Waals surface area contributed by atoms with Gasteiger partial charge in [-0.15, -0.1) is 0 Å². The normalized spacial score (nSPS) is 14.4. The molecule has 0 spiro atoms. The van der Waals surface area contributed by atoms with Gasteiger partial charge in [0.2, 0.25) is 5.91 Å². The number of aryl methyl sites for hydroxylation is 1. The zero-order chi connectivity index (χ0) is 21.5. The van der Waals surface area contributed by atoms with E-state index in [0.29, 0.717) is 5.56 Å². The van der Waals surface area contributed by atoms with Gasteiger partial charge in [0, 0.05) is 5.57 Å². The predicted molar refractivity (Wildman–Crippen MR) is 99.9 cm³/mol. The Morgan fingerprint density at radius 3 is 2.25 bits per heavy atom. The van der Waals surface area contributed by atoms with E-state index in [2.05, 4.69) is 6.58 Å². The Bertz CT molecular complexity index is 781. The van der Waals surface area contributed by atoms with E-state index in [1.807, 2.05) is 12.2 Å². The standard InChI is InChI=1S/C20H23F3N2O3/c1-5-16(11-8-13(3)18(24)26)28-17(15-9-6-12(2)7-10-15)14(4)25-19(27)20(21,22)23/h5-11,14,17H,3H2,1-2,4H3,(H2,24,26)(H,25,27)/b11-8-,16-5+/t14?,17-/m0/s1. The molecule has 0 saturated carbocycles. The number of amides is 2. The zero-order valence-corrected chi connectivity index (χ0v) is 15.8. The molecule has 0 bridgehead atoms. The lowest BCUT2D eigenvalue weighted by molar-refractivity contribution is -0.175. The topological polar surface area (TPSA) is 81.4 Å². The van der Waals surface area contributed by atoms with Crippen LogP contribution >= 0.6 is 0 Å². The minimum Gasteiger partial charge on any atom is -0.484 e. The van der Waals surface area contributed by atoms with Gasteiger partial charge in [0.15, 0.2) is 0 Å². The number of rotatable bonds is 8. The molecule has 1 aromatic rings. The second-order valence-electron chi connectivity index (χ2n) is 6.12. The van der Waals surface area contributed by atoms with Crippen molar-refractivity contribution in [3.05, 3.63) is 71.5 Å². The molecule has 8 heteroatoms. The number of hydrogen-bond donors (Lipinski definition) is 2. The molecule has 0 aliphatic rings. The molecule has 0 saturated heterocycles. The van der Waals surface area contributed by atoms with Gasteiger partial charge in [-0.05, 0) is 44.6 Å². The molecule has 1 aromatic carbocycles. The first-order valence-electron chi connectivity index (χ1n) is 8.39. The van der Waals surface area contributed by atoms with Crippen LogP contribution in [0.4, 0.5) is 13.2 Å². The van der Waals surface area contributed by atoms with E-state index >= 15 is 0 Å². The Balaban J connectivity index is 3.13. The number of nitrogens with one attached hydrogen (secondary N) is 1. The summed E-state index contributed by atoms with van der Waals surface area (Å²) in [6.07, 6.45) is -1.60. The Hall–Kier alpha value is -3.03. The van der Waals surface area contributed by atoms with Crippen LogP contribution in [-0.4, -0.2) is 24.0 Å². The van der Waals surface area contributed by atoms with Crippen LogP contribution in [0.15, 0.2) is 60.4 Å². The first-order valence-corrected chi connectivity index (χ1v) is 8.39. The smallest absolute Gasteiger partial charge is 0.471 e. The molecular weight excluding hydrogens is 373 g/mol. The number of benzene rings is 1. The van der Waals surface area contributed by atoms with Crippen molar-refractivity contribution in [1.82, 2.24) is 5.32 Å². The highest BCUT2D eigenvalue weighted by Gasteiger charge is 2.40. The van der Waals surface area contributed by atoms with Gasteiger partial charge in [-0.2, -0.15) is 13.2 Å². The van der Waals surface area contributed by atoms with E-state index in [1.165, 1.54) is 19.1 Å². The number of carbonyl (C=O) groups excluding carboxylic acids is 2. The number of halogens is 3. The maximum Gasteiger partial charge on any atom is 0.471 e. The van der Waals surface area contributed by atoms with E-state index in [0.717, 1.165) is 5.56 Å². The molecule has 0 aliphatic carbocycles. The summed E-state index contributed by atoms with van der Waals surface area (Å²) in [4.78, 5) is 22.4. The molecule has 0 heterocycles. The molecule has 28 heavy (non-hydrogen) atoms. The van der Waals surface area contributed by atoms with Crippen molar-refractivity contribution in [2.24, 2.45) is 5.73 Å². The zero-order valence-electron chi connectivity index (χ0n) is 15.8. The molecule has 1 unspecified atom stereocenters. The molecule has 2 atom stereocenters.